The number of para-hydroxylation sites is 1. The van der Waals surface area contributed by atoms with Gasteiger partial charge in [-0.05, 0) is 45.8 Å². The Balaban J connectivity index is 2.23. The van der Waals surface area contributed by atoms with E-state index in [4.69, 9.17) is 22.1 Å². The number of rotatable bonds is 4. The fourth-order valence-electron chi connectivity index (χ4n) is 1.65. The van der Waals surface area contributed by atoms with Crippen molar-refractivity contribution in [2.24, 2.45) is 5.73 Å². The lowest BCUT2D eigenvalue weighted by atomic mass is 10.1. The molecule has 4 heteroatoms. The predicted octanol–water partition coefficient (Wildman–Crippen LogP) is 4.18. The van der Waals surface area contributed by atoms with Crippen LogP contribution in [0.25, 0.3) is 0 Å². The Morgan fingerprint density at radius 3 is 2.61 bits per heavy atom. The first-order valence-corrected chi connectivity index (χ1v) is 6.74. The SMILES string of the molecule is NCC(Oc1ccccc1Br)c1cccc(Cl)c1. The van der Waals surface area contributed by atoms with E-state index in [1.54, 1.807) is 0 Å². The summed E-state index contributed by atoms with van der Waals surface area (Å²) in [6.45, 7) is 0.391. The van der Waals surface area contributed by atoms with Crippen LogP contribution in [-0.2, 0) is 0 Å². The molecule has 2 rings (SSSR count). The molecule has 0 amide bonds. The Morgan fingerprint density at radius 2 is 1.94 bits per heavy atom. The fraction of sp³-hybridized carbons (Fsp3) is 0.143. The molecule has 0 aliphatic heterocycles. The molecular formula is C14H13BrClNO. The van der Waals surface area contributed by atoms with Gasteiger partial charge in [0.2, 0.25) is 0 Å². The smallest absolute Gasteiger partial charge is 0.136 e. The number of benzene rings is 2. The minimum Gasteiger partial charge on any atom is -0.483 e. The highest BCUT2D eigenvalue weighted by molar-refractivity contribution is 9.10. The molecular weight excluding hydrogens is 314 g/mol. The van der Waals surface area contributed by atoms with Gasteiger partial charge in [-0.25, -0.2) is 0 Å². The molecule has 2 nitrogen and oxygen atoms in total. The largest absolute Gasteiger partial charge is 0.483 e. The van der Waals surface area contributed by atoms with Crippen molar-refractivity contribution in [2.45, 2.75) is 6.10 Å². The van der Waals surface area contributed by atoms with Crippen molar-refractivity contribution >= 4 is 27.5 Å². The zero-order chi connectivity index (χ0) is 13.0. The molecule has 0 heterocycles. The van der Waals surface area contributed by atoms with E-state index in [0.29, 0.717) is 11.6 Å². The summed E-state index contributed by atoms with van der Waals surface area (Å²) < 4.78 is 6.81. The first-order chi connectivity index (χ1) is 8.70. The average molecular weight is 327 g/mol. The Kier molecular flexibility index (Phi) is 4.64. The van der Waals surface area contributed by atoms with Gasteiger partial charge in [0.1, 0.15) is 11.9 Å². The fourth-order valence-corrected chi connectivity index (χ4v) is 2.23. The van der Waals surface area contributed by atoms with Gasteiger partial charge in [-0.15, -0.1) is 0 Å². The summed E-state index contributed by atoms with van der Waals surface area (Å²) in [6, 6.07) is 15.2. The second kappa shape index (κ2) is 6.23. The van der Waals surface area contributed by atoms with Gasteiger partial charge in [0.05, 0.1) is 4.47 Å². The first-order valence-electron chi connectivity index (χ1n) is 5.57. The highest BCUT2D eigenvalue weighted by Gasteiger charge is 2.13. The summed E-state index contributed by atoms with van der Waals surface area (Å²) in [4.78, 5) is 0. The van der Waals surface area contributed by atoms with Crippen LogP contribution in [-0.4, -0.2) is 6.54 Å². The number of nitrogens with two attached hydrogens (primary N) is 1. The predicted molar refractivity (Wildman–Crippen MR) is 78.0 cm³/mol. The Labute approximate surface area is 120 Å². The van der Waals surface area contributed by atoms with Crippen molar-refractivity contribution < 1.29 is 4.74 Å². The van der Waals surface area contributed by atoms with Gasteiger partial charge in [0.25, 0.3) is 0 Å². The molecule has 0 saturated heterocycles. The number of hydrogen-bond donors (Lipinski definition) is 1. The van der Waals surface area contributed by atoms with E-state index in [2.05, 4.69) is 15.9 Å². The summed E-state index contributed by atoms with van der Waals surface area (Å²) in [6.07, 6.45) is -0.206. The third-order valence-corrected chi connectivity index (χ3v) is 3.43. The molecule has 18 heavy (non-hydrogen) atoms. The zero-order valence-corrected chi connectivity index (χ0v) is 12.0. The second-order valence-corrected chi connectivity index (χ2v) is 5.12. The molecule has 1 atom stereocenters. The molecule has 2 aromatic rings. The van der Waals surface area contributed by atoms with Gasteiger partial charge in [0, 0.05) is 11.6 Å². The molecule has 0 spiro atoms. The lowest BCUT2D eigenvalue weighted by molar-refractivity contribution is 0.213. The maximum Gasteiger partial charge on any atom is 0.136 e. The number of hydrogen-bond acceptors (Lipinski definition) is 2. The molecule has 0 aliphatic carbocycles. The Hall–Kier alpha value is -1.03. The van der Waals surface area contributed by atoms with Crippen molar-refractivity contribution in [3.8, 4) is 5.75 Å². The van der Waals surface area contributed by atoms with Gasteiger partial charge >= 0.3 is 0 Å². The van der Waals surface area contributed by atoms with Crippen LogP contribution in [0.2, 0.25) is 5.02 Å². The lowest BCUT2D eigenvalue weighted by Crippen LogP contribution is -2.18. The Bertz CT molecular complexity index is 533. The van der Waals surface area contributed by atoms with Crippen molar-refractivity contribution in [1.29, 1.82) is 0 Å². The summed E-state index contributed by atoms with van der Waals surface area (Å²) in [7, 11) is 0. The van der Waals surface area contributed by atoms with Crippen LogP contribution in [0.4, 0.5) is 0 Å². The summed E-state index contributed by atoms with van der Waals surface area (Å²) >= 11 is 9.42. The van der Waals surface area contributed by atoms with E-state index in [0.717, 1.165) is 15.8 Å². The average Bonchev–Trinajstić information content (AvgIpc) is 2.38. The molecule has 0 fully saturated rings. The molecule has 1 unspecified atom stereocenters. The third kappa shape index (κ3) is 3.25. The number of ether oxygens (including phenoxy) is 1. The number of halogens is 2. The van der Waals surface area contributed by atoms with E-state index < -0.39 is 0 Å². The van der Waals surface area contributed by atoms with Gasteiger partial charge in [-0.1, -0.05) is 35.9 Å². The Morgan fingerprint density at radius 1 is 1.17 bits per heavy atom. The molecule has 0 saturated carbocycles. The van der Waals surface area contributed by atoms with Crippen molar-refractivity contribution in [3.63, 3.8) is 0 Å². The summed E-state index contributed by atoms with van der Waals surface area (Å²) in [5.41, 5.74) is 6.74. The van der Waals surface area contributed by atoms with Crippen LogP contribution in [0.1, 0.15) is 11.7 Å². The maximum atomic E-state index is 5.97. The van der Waals surface area contributed by atoms with E-state index in [9.17, 15) is 0 Å². The molecule has 0 radical (unpaired) electrons. The van der Waals surface area contributed by atoms with Gasteiger partial charge < -0.3 is 10.5 Å². The zero-order valence-electron chi connectivity index (χ0n) is 9.64. The van der Waals surface area contributed by atoms with Crippen LogP contribution >= 0.6 is 27.5 Å². The second-order valence-electron chi connectivity index (χ2n) is 3.83. The first kappa shape index (κ1) is 13.4. The lowest BCUT2D eigenvalue weighted by Gasteiger charge is -2.18. The summed E-state index contributed by atoms with van der Waals surface area (Å²) in [5.74, 6) is 0.771. The van der Waals surface area contributed by atoms with Crippen LogP contribution < -0.4 is 10.5 Å². The standard InChI is InChI=1S/C14H13BrClNO/c15-12-6-1-2-7-13(12)18-14(9-17)10-4-3-5-11(16)8-10/h1-8,14H,9,17H2. The topological polar surface area (TPSA) is 35.2 Å². The minimum atomic E-state index is -0.206. The molecule has 2 N–H and O–H groups in total. The van der Waals surface area contributed by atoms with Crippen molar-refractivity contribution in [1.82, 2.24) is 0 Å². The van der Waals surface area contributed by atoms with Gasteiger partial charge in [-0.3, -0.25) is 0 Å². The third-order valence-electron chi connectivity index (χ3n) is 2.54. The molecule has 2 aromatic carbocycles. The van der Waals surface area contributed by atoms with E-state index in [-0.39, 0.29) is 6.10 Å². The van der Waals surface area contributed by atoms with E-state index >= 15 is 0 Å². The van der Waals surface area contributed by atoms with Crippen LogP contribution in [0.3, 0.4) is 0 Å². The van der Waals surface area contributed by atoms with E-state index in [1.807, 2.05) is 48.5 Å². The van der Waals surface area contributed by atoms with Crippen LogP contribution in [0.15, 0.2) is 53.0 Å². The normalized spacial score (nSPS) is 12.2. The van der Waals surface area contributed by atoms with Crippen molar-refractivity contribution in [2.75, 3.05) is 6.54 Å². The molecule has 0 bridgehead atoms. The summed E-state index contributed by atoms with van der Waals surface area (Å²) in [5, 5.41) is 0.682. The highest BCUT2D eigenvalue weighted by atomic mass is 79.9. The van der Waals surface area contributed by atoms with Crippen molar-refractivity contribution in [3.05, 3.63) is 63.6 Å². The van der Waals surface area contributed by atoms with Crippen LogP contribution in [0, 0.1) is 0 Å². The maximum absolute atomic E-state index is 5.97. The van der Waals surface area contributed by atoms with Gasteiger partial charge in [-0.2, -0.15) is 0 Å². The highest BCUT2D eigenvalue weighted by Crippen LogP contribution is 2.29. The van der Waals surface area contributed by atoms with Gasteiger partial charge in [0.15, 0.2) is 0 Å². The van der Waals surface area contributed by atoms with Crippen LogP contribution in [0.5, 0.6) is 5.75 Å². The molecule has 0 aromatic heterocycles. The quantitative estimate of drug-likeness (QED) is 0.914. The molecule has 0 aliphatic rings. The molecule has 94 valence electrons. The monoisotopic (exact) mass is 325 g/mol. The minimum absolute atomic E-state index is 0.206. The van der Waals surface area contributed by atoms with E-state index in [1.165, 1.54) is 0 Å².